The highest BCUT2D eigenvalue weighted by atomic mass is 35.5. The highest BCUT2D eigenvalue weighted by molar-refractivity contribution is 7.92. The van der Waals surface area contributed by atoms with Crippen LogP contribution in [0.25, 0.3) is 0 Å². The Morgan fingerprint density at radius 3 is 2.37 bits per heavy atom. The summed E-state index contributed by atoms with van der Waals surface area (Å²) in [5.41, 5.74) is 1.13. The molecule has 2 aromatic carbocycles. The van der Waals surface area contributed by atoms with E-state index in [1.54, 1.807) is 43.3 Å². The lowest BCUT2D eigenvalue weighted by molar-refractivity contribution is -0.139. The molecule has 0 heterocycles. The largest absolute Gasteiger partial charge is 0.354 e. The number of unbranched alkanes of at least 4 members (excludes halogenated alkanes) is 1. The van der Waals surface area contributed by atoms with E-state index < -0.39 is 28.5 Å². The summed E-state index contributed by atoms with van der Waals surface area (Å²) in [4.78, 5) is 39.4. The molecule has 0 radical (unpaired) electrons. The number of carbonyl (C=O) groups is 3. The van der Waals surface area contributed by atoms with Gasteiger partial charge in [0.2, 0.25) is 21.8 Å². The molecule has 190 valence electrons. The van der Waals surface area contributed by atoms with Crippen molar-refractivity contribution in [2.75, 3.05) is 23.7 Å². The Morgan fingerprint density at radius 2 is 1.77 bits per heavy atom. The molecule has 0 fully saturated rings. The number of sulfonamides is 1. The van der Waals surface area contributed by atoms with Gasteiger partial charge in [0, 0.05) is 23.7 Å². The van der Waals surface area contributed by atoms with E-state index in [-0.39, 0.29) is 23.9 Å². The molecule has 1 atom stereocenters. The number of halogens is 1. The van der Waals surface area contributed by atoms with E-state index in [2.05, 4.69) is 5.32 Å². The second kappa shape index (κ2) is 12.7. The fourth-order valence-electron chi connectivity index (χ4n) is 3.42. The fourth-order valence-corrected chi connectivity index (χ4v) is 4.46. The number of ketones is 1. The van der Waals surface area contributed by atoms with Gasteiger partial charge in [0.15, 0.2) is 5.78 Å². The van der Waals surface area contributed by atoms with E-state index >= 15 is 0 Å². The molecular weight excluding hydrogens is 490 g/mol. The van der Waals surface area contributed by atoms with E-state index in [1.807, 2.05) is 6.92 Å². The lowest BCUT2D eigenvalue weighted by atomic mass is 10.1. The maximum Gasteiger partial charge on any atom is 0.244 e. The molecule has 2 amide bonds. The predicted octanol–water partition coefficient (Wildman–Crippen LogP) is 3.64. The van der Waals surface area contributed by atoms with Crippen LogP contribution in [0.5, 0.6) is 0 Å². The molecule has 2 rings (SSSR count). The van der Waals surface area contributed by atoms with Crippen LogP contribution in [-0.4, -0.2) is 56.3 Å². The highest BCUT2D eigenvalue weighted by Crippen LogP contribution is 2.22. The zero-order chi connectivity index (χ0) is 26.2. The summed E-state index contributed by atoms with van der Waals surface area (Å²) in [7, 11) is -3.89. The molecule has 1 N–H and O–H groups in total. The molecule has 0 aliphatic rings. The van der Waals surface area contributed by atoms with Crippen LogP contribution in [0.4, 0.5) is 5.69 Å². The molecule has 0 spiro atoms. The SMILES string of the molecule is CCCCNC(=O)[C@H](C)N(Cc1ccccc1Cl)C(=O)CN(c1cccc(C(C)=O)c1)S(C)(=O)=O. The second-order valence-electron chi connectivity index (χ2n) is 8.31. The summed E-state index contributed by atoms with van der Waals surface area (Å²) in [5, 5.41) is 3.25. The van der Waals surface area contributed by atoms with E-state index in [0.29, 0.717) is 22.7 Å². The maximum absolute atomic E-state index is 13.5. The van der Waals surface area contributed by atoms with Crippen molar-refractivity contribution in [3.8, 4) is 0 Å². The number of carbonyl (C=O) groups excluding carboxylic acids is 3. The Hall–Kier alpha value is -2.91. The summed E-state index contributed by atoms with van der Waals surface area (Å²) in [6.07, 6.45) is 2.69. The Bertz CT molecular complexity index is 1170. The third-order valence-electron chi connectivity index (χ3n) is 5.52. The molecular formula is C25H32ClN3O5S. The van der Waals surface area contributed by atoms with Crippen molar-refractivity contribution in [2.24, 2.45) is 0 Å². The van der Waals surface area contributed by atoms with Gasteiger partial charge >= 0.3 is 0 Å². The van der Waals surface area contributed by atoms with Crippen molar-refractivity contribution in [1.29, 1.82) is 0 Å². The van der Waals surface area contributed by atoms with Crippen LogP contribution in [0.3, 0.4) is 0 Å². The van der Waals surface area contributed by atoms with Crippen molar-refractivity contribution < 1.29 is 22.8 Å². The number of rotatable bonds is 12. The normalized spacial score (nSPS) is 12.0. The molecule has 0 saturated heterocycles. The van der Waals surface area contributed by atoms with Crippen LogP contribution in [0.15, 0.2) is 48.5 Å². The minimum Gasteiger partial charge on any atom is -0.354 e. The van der Waals surface area contributed by atoms with Gasteiger partial charge in [-0.15, -0.1) is 0 Å². The Balaban J connectivity index is 2.40. The average molecular weight is 522 g/mol. The number of benzene rings is 2. The van der Waals surface area contributed by atoms with Gasteiger partial charge in [-0.3, -0.25) is 18.7 Å². The molecule has 0 saturated carbocycles. The third-order valence-corrected chi connectivity index (χ3v) is 7.02. The molecule has 35 heavy (non-hydrogen) atoms. The summed E-state index contributed by atoms with van der Waals surface area (Å²) < 4.78 is 26.2. The smallest absolute Gasteiger partial charge is 0.244 e. The second-order valence-corrected chi connectivity index (χ2v) is 10.6. The molecule has 0 unspecified atom stereocenters. The monoisotopic (exact) mass is 521 g/mol. The van der Waals surface area contributed by atoms with Gasteiger partial charge in [0.05, 0.1) is 11.9 Å². The summed E-state index contributed by atoms with van der Waals surface area (Å²) in [6, 6.07) is 12.1. The summed E-state index contributed by atoms with van der Waals surface area (Å²) >= 11 is 6.30. The van der Waals surface area contributed by atoms with Gasteiger partial charge in [-0.2, -0.15) is 0 Å². The number of anilines is 1. The third kappa shape index (κ3) is 8.07. The van der Waals surface area contributed by atoms with E-state index in [9.17, 15) is 22.8 Å². The maximum atomic E-state index is 13.5. The average Bonchev–Trinajstić information content (AvgIpc) is 2.80. The van der Waals surface area contributed by atoms with Crippen molar-refractivity contribution in [3.05, 3.63) is 64.7 Å². The zero-order valence-corrected chi connectivity index (χ0v) is 22.0. The lowest BCUT2D eigenvalue weighted by Crippen LogP contribution is -2.51. The van der Waals surface area contributed by atoms with Gasteiger partial charge in [0.1, 0.15) is 12.6 Å². The standard InChI is InChI=1S/C25H32ClN3O5S/c1-5-6-14-27-25(32)18(2)28(16-21-10-7-8-13-23(21)26)24(31)17-29(35(4,33)34)22-12-9-11-20(15-22)19(3)30/h7-13,15,18H,5-6,14,16-17H2,1-4H3,(H,27,32)/t18-/m0/s1. The van der Waals surface area contributed by atoms with Crippen LogP contribution in [0, 0.1) is 0 Å². The first-order chi connectivity index (χ1) is 16.5. The van der Waals surface area contributed by atoms with Gasteiger partial charge in [-0.1, -0.05) is 55.3 Å². The van der Waals surface area contributed by atoms with Crippen LogP contribution in [-0.2, 0) is 26.2 Å². The molecule has 0 aliphatic carbocycles. The molecule has 2 aromatic rings. The number of hydrogen-bond donors (Lipinski definition) is 1. The molecule has 0 bridgehead atoms. The van der Waals surface area contributed by atoms with Crippen LogP contribution in [0.1, 0.15) is 49.5 Å². The summed E-state index contributed by atoms with van der Waals surface area (Å²) in [5.74, 6) is -1.16. The topological polar surface area (TPSA) is 104 Å². The quantitative estimate of drug-likeness (QED) is 0.339. The van der Waals surface area contributed by atoms with Gasteiger partial charge < -0.3 is 10.2 Å². The fraction of sp³-hybridized carbons (Fsp3) is 0.400. The van der Waals surface area contributed by atoms with Gasteiger partial charge in [0.25, 0.3) is 0 Å². The lowest BCUT2D eigenvalue weighted by Gasteiger charge is -2.31. The minimum atomic E-state index is -3.89. The number of nitrogens with one attached hydrogen (secondary N) is 1. The molecule has 0 aliphatic heterocycles. The highest BCUT2D eigenvalue weighted by Gasteiger charge is 2.30. The van der Waals surface area contributed by atoms with Crippen molar-refractivity contribution in [3.63, 3.8) is 0 Å². The zero-order valence-electron chi connectivity index (χ0n) is 20.5. The number of amides is 2. The van der Waals surface area contributed by atoms with E-state index in [4.69, 9.17) is 11.6 Å². The van der Waals surface area contributed by atoms with E-state index in [1.165, 1.54) is 24.0 Å². The van der Waals surface area contributed by atoms with Gasteiger partial charge in [-0.25, -0.2) is 8.42 Å². The number of nitrogens with zero attached hydrogens (tertiary/aromatic N) is 2. The summed E-state index contributed by atoms with van der Waals surface area (Å²) in [6.45, 7) is 4.92. The molecule has 10 heteroatoms. The predicted molar refractivity (Wildman–Crippen MR) is 138 cm³/mol. The van der Waals surface area contributed by atoms with Crippen LogP contribution in [0.2, 0.25) is 5.02 Å². The first-order valence-electron chi connectivity index (χ1n) is 11.3. The first kappa shape index (κ1) is 28.3. The first-order valence-corrected chi connectivity index (χ1v) is 13.6. The number of Topliss-reactive ketones (excluding diaryl/α,β-unsaturated/α-hetero) is 1. The van der Waals surface area contributed by atoms with Gasteiger partial charge in [-0.05, 0) is 44.0 Å². The van der Waals surface area contributed by atoms with E-state index in [0.717, 1.165) is 23.4 Å². The Kier molecular flexibility index (Phi) is 10.3. The van der Waals surface area contributed by atoms with Crippen molar-refractivity contribution in [1.82, 2.24) is 10.2 Å². The van der Waals surface area contributed by atoms with Crippen LogP contribution < -0.4 is 9.62 Å². The Labute approximate surface area is 212 Å². The Morgan fingerprint density at radius 1 is 1.09 bits per heavy atom. The minimum absolute atomic E-state index is 0.0198. The molecule has 8 nitrogen and oxygen atoms in total. The van der Waals surface area contributed by atoms with Crippen LogP contribution >= 0.6 is 11.6 Å². The number of hydrogen-bond acceptors (Lipinski definition) is 5. The van der Waals surface area contributed by atoms with Crippen molar-refractivity contribution in [2.45, 2.75) is 46.2 Å². The van der Waals surface area contributed by atoms with Crippen molar-refractivity contribution >= 4 is 44.9 Å². The molecule has 0 aromatic heterocycles.